The molecule has 0 aromatic carbocycles. The normalized spacial score (nSPS) is 11.3. The summed E-state index contributed by atoms with van der Waals surface area (Å²) >= 11 is 0. The molecule has 54 valence electrons. The van der Waals surface area contributed by atoms with E-state index in [4.69, 9.17) is 0 Å². The molecule has 0 saturated carbocycles. The maximum Gasteiger partial charge on any atom is 0.250 e. The zero-order chi connectivity index (χ0) is 7.28. The van der Waals surface area contributed by atoms with Crippen LogP contribution in [0.3, 0.4) is 0 Å². The van der Waals surface area contributed by atoms with Crippen LogP contribution in [0.1, 0.15) is 13.8 Å². The van der Waals surface area contributed by atoms with Crippen molar-refractivity contribution < 1.29 is 0 Å². The van der Waals surface area contributed by atoms with Gasteiger partial charge in [-0.15, -0.1) is 0 Å². The summed E-state index contributed by atoms with van der Waals surface area (Å²) in [4.78, 5) is 0. The summed E-state index contributed by atoms with van der Waals surface area (Å²) in [5.41, 5.74) is 0. The van der Waals surface area contributed by atoms with Crippen LogP contribution >= 0.6 is 0 Å². The topological polar surface area (TPSA) is 6.48 Å². The summed E-state index contributed by atoms with van der Waals surface area (Å²) in [7, 11) is 5.06. The van der Waals surface area contributed by atoms with Gasteiger partial charge in [-0.2, -0.15) is 0 Å². The summed E-state index contributed by atoms with van der Waals surface area (Å²) in [6, 6.07) is 0. The molecule has 0 fully saturated rings. The van der Waals surface area contributed by atoms with Gasteiger partial charge in [0.1, 0.15) is 0 Å². The van der Waals surface area contributed by atoms with Gasteiger partial charge in [-0.3, -0.25) is 0 Å². The van der Waals surface area contributed by atoms with Crippen molar-refractivity contribution in [3.63, 3.8) is 0 Å². The minimum absolute atomic E-state index is 0.846. The summed E-state index contributed by atoms with van der Waals surface area (Å²) in [5, 5.41) is 0. The molecule has 0 aromatic heterocycles. The number of hydrogen-bond donors (Lipinski definition) is 0. The molecule has 0 aliphatic carbocycles. The Morgan fingerprint density at radius 3 is 1.67 bits per heavy atom. The van der Waals surface area contributed by atoms with Gasteiger partial charge in [0.2, 0.25) is 0 Å². The number of hydrogen-bond acceptors (Lipinski definition) is 2. The van der Waals surface area contributed by atoms with Crippen molar-refractivity contribution in [2.24, 2.45) is 0 Å². The van der Waals surface area contributed by atoms with Crippen LogP contribution in [0.4, 0.5) is 0 Å². The van der Waals surface area contributed by atoms with Crippen LogP contribution in [0.15, 0.2) is 0 Å². The second-order valence-corrected chi connectivity index (χ2v) is 3.89. The van der Waals surface area contributed by atoms with Crippen molar-refractivity contribution in [1.29, 1.82) is 0 Å². The SMILES string of the molecule is CCN(CC)[Si]N(C)C. The van der Waals surface area contributed by atoms with Gasteiger partial charge in [0.05, 0.1) is 0 Å². The Morgan fingerprint density at radius 2 is 1.56 bits per heavy atom. The van der Waals surface area contributed by atoms with Crippen LogP contribution in [0.2, 0.25) is 0 Å². The van der Waals surface area contributed by atoms with E-state index >= 15 is 0 Å². The Balaban J connectivity index is 3.31. The third kappa shape index (κ3) is 4.63. The molecule has 2 radical (unpaired) electrons. The van der Waals surface area contributed by atoms with Gasteiger partial charge >= 0.3 is 0 Å². The molecule has 0 heterocycles. The predicted octanol–water partition coefficient (Wildman–Crippen LogP) is 0.424. The molecule has 0 unspecified atom stereocenters. The summed E-state index contributed by atoms with van der Waals surface area (Å²) in [5.74, 6) is 0. The fourth-order valence-corrected chi connectivity index (χ4v) is 1.50. The molecule has 0 aliphatic heterocycles. The van der Waals surface area contributed by atoms with Gasteiger partial charge < -0.3 is 9.13 Å². The Bertz CT molecular complexity index is 62.1. The maximum absolute atomic E-state index is 2.40. The van der Waals surface area contributed by atoms with Crippen LogP contribution in [0.5, 0.6) is 0 Å². The van der Waals surface area contributed by atoms with Crippen LogP contribution in [0, 0.1) is 0 Å². The van der Waals surface area contributed by atoms with E-state index in [0.717, 1.165) is 22.9 Å². The van der Waals surface area contributed by atoms with Crippen LogP contribution < -0.4 is 0 Å². The smallest absolute Gasteiger partial charge is 0.250 e. The van der Waals surface area contributed by atoms with Crippen molar-refractivity contribution in [3.05, 3.63) is 0 Å². The van der Waals surface area contributed by atoms with E-state index in [9.17, 15) is 0 Å². The minimum Gasteiger partial charge on any atom is -0.318 e. The molecule has 0 rings (SSSR count). The van der Waals surface area contributed by atoms with Gasteiger partial charge in [0, 0.05) is 0 Å². The lowest BCUT2D eigenvalue weighted by atomic mass is 10.7. The summed E-state index contributed by atoms with van der Waals surface area (Å²) in [6.07, 6.45) is 0. The first kappa shape index (κ1) is 9.14. The standard InChI is InChI=1S/C6H16N2Si/c1-5-8(6-2)9-7(3)4/h5-6H2,1-4H3. The Labute approximate surface area is 60.8 Å². The third-order valence-electron chi connectivity index (χ3n) is 1.10. The van der Waals surface area contributed by atoms with Crippen molar-refractivity contribution in [3.8, 4) is 0 Å². The van der Waals surface area contributed by atoms with E-state index in [0.29, 0.717) is 0 Å². The minimum atomic E-state index is 0.846. The Morgan fingerprint density at radius 1 is 1.11 bits per heavy atom. The van der Waals surface area contributed by atoms with E-state index in [1.54, 1.807) is 0 Å². The van der Waals surface area contributed by atoms with Gasteiger partial charge in [0.15, 0.2) is 0 Å². The first-order valence-corrected chi connectivity index (χ1v) is 4.28. The molecule has 0 bridgehead atoms. The molecular formula is C6H16N2Si. The molecule has 0 amide bonds. The molecule has 0 spiro atoms. The highest BCUT2D eigenvalue weighted by molar-refractivity contribution is 6.28. The summed E-state index contributed by atoms with van der Waals surface area (Å²) < 4.78 is 4.62. The van der Waals surface area contributed by atoms with Gasteiger partial charge in [-0.25, -0.2) is 0 Å². The molecule has 0 saturated heterocycles. The Hall–Kier alpha value is 0.137. The van der Waals surface area contributed by atoms with E-state index in [1.165, 1.54) is 0 Å². The predicted molar refractivity (Wildman–Crippen MR) is 42.4 cm³/mol. The number of rotatable bonds is 4. The quantitative estimate of drug-likeness (QED) is 0.528. The average molecular weight is 144 g/mol. The van der Waals surface area contributed by atoms with Crippen LogP contribution in [0.25, 0.3) is 0 Å². The largest absolute Gasteiger partial charge is 0.318 e. The van der Waals surface area contributed by atoms with E-state index in [-0.39, 0.29) is 0 Å². The molecular weight excluding hydrogens is 128 g/mol. The molecule has 0 aromatic rings. The van der Waals surface area contributed by atoms with Gasteiger partial charge in [-0.1, -0.05) is 13.8 Å². The Kier molecular flexibility index (Phi) is 5.04. The number of nitrogens with zero attached hydrogens (tertiary/aromatic N) is 2. The van der Waals surface area contributed by atoms with Crippen molar-refractivity contribution in [2.45, 2.75) is 13.8 Å². The fourth-order valence-electron chi connectivity index (χ4n) is 0.648. The summed E-state index contributed by atoms with van der Waals surface area (Å²) in [6.45, 7) is 6.71. The first-order chi connectivity index (χ1) is 4.20. The van der Waals surface area contributed by atoms with Crippen LogP contribution in [-0.2, 0) is 0 Å². The zero-order valence-electron chi connectivity index (χ0n) is 6.81. The lowest BCUT2D eigenvalue weighted by molar-refractivity contribution is 0.447. The lowest BCUT2D eigenvalue weighted by Crippen LogP contribution is -2.36. The molecule has 0 aliphatic rings. The fraction of sp³-hybridized carbons (Fsp3) is 1.00. The molecule has 0 atom stereocenters. The lowest BCUT2D eigenvalue weighted by Gasteiger charge is -2.19. The third-order valence-corrected chi connectivity index (χ3v) is 2.42. The molecule has 9 heavy (non-hydrogen) atoms. The second kappa shape index (κ2) is 4.96. The van der Waals surface area contributed by atoms with Crippen LogP contribution in [-0.4, -0.2) is 46.2 Å². The highest BCUT2D eigenvalue weighted by Crippen LogP contribution is 1.83. The van der Waals surface area contributed by atoms with Crippen molar-refractivity contribution >= 4 is 9.84 Å². The molecule has 2 nitrogen and oxygen atoms in total. The molecule has 3 heteroatoms. The highest BCUT2D eigenvalue weighted by Gasteiger charge is 2.01. The highest BCUT2D eigenvalue weighted by atomic mass is 28.2. The average Bonchev–Trinajstić information content (AvgIpc) is 1.82. The van der Waals surface area contributed by atoms with Crippen molar-refractivity contribution in [2.75, 3.05) is 27.2 Å². The van der Waals surface area contributed by atoms with Gasteiger partial charge in [0.25, 0.3) is 9.84 Å². The zero-order valence-corrected chi connectivity index (χ0v) is 7.81. The second-order valence-electron chi connectivity index (χ2n) is 2.17. The molecule has 0 N–H and O–H groups in total. The van der Waals surface area contributed by atoms with Gasteiger partial charge in [-0.05, 0) is 27.2 Å². The first-order valence-electron chi connectivity index (χ1n) is 3.39. The monoisotopic (exact) mass is 144 g/mol. The van der Waals surface area contributed by atoms with E-state index < -0.39 is 0 Å². The van der Waals surface area contributed by atoms with Crippen molar-refractivity contribution in [1.82, 2.24) is 9.13 Å². The maximum atomic E-state index is 2.40. The van der Waals surface area contributed by atoms with E-state index in [1.807, 2.05) is 0 Å². The van der Waals surface area contributed by atoms with E-state index in [2.05, 4.69) is 37.1 Å².